The van der Waals surface area contributed by atoms with Gasteiger partial charge in [-0.1, -0.05) is 6.07 Å². The summed E-state index contributed by atoms with van der Waals surface area (Å²) in [5, 5.41) is 23.3. The number of aromatic hydroxyl groups is 1. The average Bonchev–Trinajstić information content (AvgIpc) is 3.38. The Kier molecular flexibility index (Phi) is 4.67. The lowest BCUT2D eigenvalue weighted by atomic mass is 9.84. The van der Waals surface area contributed by atoms with Crippen molar-refractivity contribution in [3.63, 3.8) is 0 Å². The molecule has 3 aliphatic rings. The van der Waals surface area contributed by atoms with Gasteiger partial charge in [0.1, 0.15) is 5.75 Å². The van der Waals surface area contributed by atoms with E-state index in [1.807, 2.05) is 12.1 Å². The first-order chi connectivity index (χ1) is 16.3. The van der Waals surface area contributed by atoms with Gasteiger partial charge in [-0.05, 0) is 63.3 Å². The largest absolute Gasteiger partial charge is 0.507 e. The summed E-state index contributed by atoms with van der Waals surface area (Å²) >= 11 is 0. The number of phenolic OH excluding ortho intramolecular Hbond substituents is 1. The van der Waals surface area contributed by atoms with Crippen LogP contribution in [0, 0.1) is 0 Å². The van der Waals surface area contributed by atoms with Crippen LogP contribution < -0.4 is 19.7 Å². The number of phenols is 1. The lowest BCUT2D eigenvalue weighted by Crippen LogP contribution is -2.58. The molecule has 2 aromatic heterocycles. The number of benzene rings is 1. The van der Waals surface area contributed by atoms with Crippen molar-refractivity contribution in [3.05, 3.63) is 36.7 Å². The molecule has 1 aromatic carbocycles. The maximum atomic E-state index is 10.7. The van der Waals surface area contributed by atoms with Gasteiger partial charge >= 0.3 is 0 Å². The molecule has 9 nitrogen and oxygen atoms in total. The molecule has 0 radical (unpaired) electrons. The van der Waals surface area contributed by atoms with E-state index >= 15 is 0 Å². The van der Waals surface area contributed by atoms with E-state index in [4.69, 9.17) is 9.47 Å². The van der Waals surface area contributed by atoms with Crippen LogP contribution in [0.1, 0.15) is 39.5 Å². The maximum absolute atomic E-state index is 10.7. The first kappa shape index (κ1) is 21.1. The normalized spacial score (nSPS) is 27.1. The molecule has 3 atom stereocenters. The van der Waals surface area contributed by atoms with Crippen LogP contribution >= 0.6 is 0 Å². The van der Waals surface area contributed by atoms with E-state index in [1.54, 1.807) is 24.5 Å². The molecular weight excluding hydrogens is 432 g/mol. The number of pyridine rings is 1. The number of aromatic nitrogens is 4. The third-order valence-electron chi connectivity index (χ3n) is 7.46. The summed E-state index contributed by atoms with van der Waals surface area (Å²) < 4.78 is 10.7. The van der Waals surface area contributed by atoms with E-state index in [9.17, 15) is 5.11 Å². The summed E-state index contributed by atoms with van der Waals surface area (Å²) in [7, 11) is 2.07. The SMILES string of the molecule is CN(c1cnc(-c2ccc(-c3cnc4c(c3)OCO4)cc2O)nn1)C1C[C@]2(C)CC[C@](C)(C1)N2. The predicted molar refractivity (Wildman–Crippen MR) is 127 cm³/mol. The van der Waals surface area contributed by atoms with Gasteiger partial charge in [0.25, 0.3) is 5.88 Å². The highest BCUT2D eigenvalue weighted by atomic mass is 16.7. The van der Waals surface area contributed by atoms with Gasteiger partial charge in [-0.2, -0.15) is 0 Å². The van der Waals surface area contributed by atoms with Gasteiger partial charge in [-0.25, -0.2) is 9.97 Å². The predicted octanol–water partition coefficient (Wildman–Crippen LogP) is 3.53. The minimum atomic E-state index is 0.0776. The van der Waals surface area contributed by atoms with E-state index in [0.717, 1.165) is 29.8 Å². The molecule has 2 N–H and O–H groups in total. The number of nitrogens with one attached hydrogen (secondary N) is 1. The Morgan fingerprint density at radius 1 is 1.00 bits per heavy atom. The minimum Gasteiger partial charge on any atom is -0.507 e. The van der Waals surface area contributed by atoms with Crippen LogP contribution in [-0.4, -0.2) is 56.2 Å². The number of anilines is 1. The number of fused-ring (bicyclic) bond motifs is 3. The molecule has 0 aliphatic carbocycles. The minimum absolute atomic E-state index is 0.0776. The van der Waals surface area contributed by atoms with Crippen molar-refractivity contribution >= 4 is 5.82 Å². The van der Waals surface area contributed by atoms with E-state index in [-0.39, 0.29) is 23.6 Å². The first-order valence-corrected chi connectivity index (χ1v) is 11.6. The Hall–Kier alpha value is -3.46. The van der Waals surface area contributed by atoms with Gasteiger partial charge in [0.05, 0.1) is 11.8 Å². The van der Waals surface area contributed by atoms with Crippen molar-refractivity contribution in [1.82, 2.24) is 25.5 Å². The Bertz CT molecular complexity index is 1230. The van der Waals surface area contributed by atoms with Gasteiger partial charge in [-0.15, -0.1) is 10.2 Å². The molecule has 3 aromatic rings. The molecular formula is C25H28N6O3. The van der Waals surface area contributed by atoms with Crippen LogP contribution in [0.5, 0.6) is 17.4 Å². The summed E-state index contributed by atoms with van der Waals surface area (Å²) in [6, 6.07) is 7.58. The fourth-order valence-corrected chi connectivity index (χ4v) is 5.69. The molecule has 34 heavy (non-hydrogen) atoms. The highest BCUT2D eigenvalue weighted by Gasteiger charge is 2.49. The molecule has 2 saturated heterocycles. The van der Waals surface area contributed by atoms with Crippen LogP contribution in [0.4, 0.5) is 5.82 Å². The molecule has 176 valence electrons. The van der Waals surface area contributed by atoms with Crippen molar-refractivity contribution < 1.29 is 14.6 Å². The lowest BCUT2D eigenvalue weighted by molar-refractivity contribution is 0.171. The average molecular weight is 461 g/mol. The van der Waals surface area contributed by atoms with Crippen LogP contribution in [-0.2, 0) is 0 Å². The number of nitrogens with zero attached hydrogens (tertiary/aromatic N) is 5. The van der Waals surface area contributed by atoms with Crippen LogP contribution in [0.3, 0.4) is 0 Å². The third-order valence-corrected chi connectivity index (χ3v) is 7.46. The molecule has 5 heterocycles. The monoisotopic (exact) mass is 460 g/mol. The van der Waals surface area contributed by atoms with Crippen molar-refractivity contribution in [2.75, 3.05) is 18.7 Å². The molecule has 0 spiro atoms. The molecule has 0 saturated carbocycles. The second kappa shape index (κ2) is 7.53. The van der Waals surface area contributed by atoms with E-state index < -0.39 is 0 Å². The quantitative estimate of drug-likeness (QED) is 0.605. The molecule has 3 aliphatic heterocycles. The second-order valence-corrected chi connectivity index (χ2v) is 10.2. The molecule has 6 rings (SSSR count). The Labute approximate surface area is 198 Å². The van der Waals surface area contributed by atoms with Crippen molar-refractivity contribution in [3.8, 4) is 39.9 Å². The van der Waals surface area contributed by atoms with Gasteiger partial charge in [-0.3, -0.25) is 0 Å². The first-order valence-electron chi connectivity index (χ1n) is 11.6. The molecule has 0 amide bonds. The Morgan fingerprint density at radius 3 is 2.50 bits per heavy atom. The zero-order chi connectivity index (χ0) is 23.5. The molecule has 2 bridgehead atoms. The summed E-state index contributed by atoms with van der Waals surface area (Å²) in [6.07, 6.45) is 7.98. The van der Waals surface area contributed by atoms with Crippen LogP contribution in [0.25, 0.3) is 22.5 Å². The molecule has 2 fully saturated rings. The fourth-order valence-electron chi connectivity index (χ4n) is 5.69. The third kappa shape index (κ3) is 3.60. The van der Waals surface area contributed by atoms with Crippen LogP contribution in [0.15, 0.2) is 36.7 Å². The second-order valence-electron chi connectivity index (χ2n) is 10.2. The molecule has 1 unspecified atom stereocenters. The van der Waals surface area contributed by atoms with Crippen molar-refractivity contribution in [1.29, 1.82) is 0 Å². The number of piperidine rings is 1. The van der Waals surface area contributed by atoms with Crippen LogP contribution in [0.2, 0.25) is 0 Å². The van der Waals surface area contributed by atoms with Crippen molar-refractivity contribution in [2.45, 2.75) is 56.7 Å². The Balaban J connectivity index is 1.21. The van der Waals surface area contributed by atoms with Gasteiger partial charge in [0.15, 0.2) is 17.4 Å². The number of ether oxygens (including phenoxy) is 2. The van der Waals surface area contributed by atoms with E-state index in [0.29, 0.717) is 29.1 Å². The maximum Gasteiger partial charge on any atom is 0.260 e. The van der Waals surface area contributed by atoms with Gasteiger partial charge in [0.2, 0.25) is 6.79 Å². The number of hydrogen-bond acceptors (Lipinski definition) is 9. The van der Waals surface area contributed by atoms with E-state index in [1.165, 1.54) is 12.8 Å². The van der Waals surface area contributed by atoms with Gasteiger partial charge in [0, 0.05) is 35.9 Å². The smallest absolute Gasteiger partial charge is 0.260 e. The number of rotatable bonds is 4. The zero-order valence-corrected chi connectivity index (χ0v) is 19.6. The fraction of sp³-hybridized carbons (Fsp3) is 0.440. The van der Waals surface area contributed by atoms with Crippen molar-refractivity contribution in [2.24, 2.45) is 0 Å². The van der Waals surface area contributed by atoms with E-state index in [2.05, 4.69) is 51.3 Å². The number of hydrogen-bond donors (Lipinski definition) is 2. The summed E-state index contributed by atoms with van der Waals surface area (Å²) in [6.45, 7) is 4.80. The molecule has 9 heteroatoms. The highest BCUT2D eigenvalue weighted by molar-refractivity contribution is 5.73. The summed E-state index contributed by atoms with van der Waals surface area (Å²) in [5.74, 6) is 2.28. The topological polar surface area (TPSA) is 106 Å². The van der Waals surface area contributed by atoms with Gasteiger partial charge < -0.3 is 24.8 Å². The summed E-state index contributed by atoms with van der Waals surface area (Å²) in [5.41, 5.74) is 2.50. The highest BCUT2D eigenvalue weighted by Crippen LogP contribution is 2.44. The lowest BCUT2D eigenvalue weighted by Gasteiger charge is -2.45. The zero-order valence-electron chi connectivity index (χ0n) is 19.6. The standard InChI is InChI=1S/C25H28N6O3/c1-24-6-7-25(2,30-24)11-17(10-24)31(3)21-13-26-22(29-28-21)18-5-4-15(8-19(18)32)16-9-20-23(27-12-16)34-14-33-20/h4-5,8-9,12-13,17,30,32H,6-7,10-11,14H2,1-3H3/t17?,24-,25+. The summed E-state index contributed by atoms with van der Waals surface area (Å²) in [4.78, 5) is 11.0. The Morgan fingerprint density at radius 2 is 1.79 bits per heavy atom.